The normalized spacial score (nSPS) is 12.4. The summed E-state index contributed by atoms with van der Waals surface area (Å²) in [4.78, 5) is 0. The third-order valence-corrected chi connectivity index (χ3v) is 3.87. The molecule has 20 heavy (non-hydrogen) atoms. The molecule has 0 amide bonds. The average Bonchev–Trinajstić information content (AvgIpc) is 2.36. The van der Waals surface area contributed by atoms with Gasteiger partial charge >= 0.3 is 0 Å². The summed E-state index contributed by atoms with van der Waals surface area (Å²) in [5, 5.41) is 1.24. The topological polar surface area (TPSA) is 26.0 Å². The van der Waals surface area contributed by atoms with Crippen LogP contribution in [0.25, 0.3) is 0 Å². The molecule has 0 aliphatic carbocycles. The first-order valence-electron chi connectivity index (χ1n) is 6.40. The number of rotatable bonds is 4. The van der Waals surface area contributed by atoms with Gasteiger partial charge in [-0.3, -0.25) is 0 Å². The van der Waals surface area contributed by atoms with Crippen molar-refractivity contribution in [1.29, 1.82) is 0 Å². The van der Waals surface area contributed by atoms with E-state index in [4.69, 9.17) is 28.9 Å². The maximum atomic E-state index is 13.1. The summed E-state index contributed by atoms with van der Waals surface area (Å²) in [5.74, 6) is -0.222. The molecule has 1 atom stereocenters. The summed E-state index contributed by atoms with van der Waals surface area (Å²) in [6, 6.07) is 10.1. The van der Waals surface area contributed by atoms with Crippen molar-refractivity contribution >= 4 is 23.2 Å². The van der Waals surface area contributed by atoms with E-state index >= 15 is 0 Å². The molecule has 0 saturated carbocycles. The van der Waals surface area contributed by atoms with Gasteiger partial charge < -0.3 is 5.73 Å². The molecule has 0 aliphatic heterocycles. The molecule has 0 bridgehead atoms. The Morgan fingerprint density at radius 3 is 2.35 bits per heavy atom. The molecule has 106 valence electrons. The number of aryl methyl sites for hydroxylation is 1. The van der Waals surface area contributed by atoms with Crippen LogP contribution in [0.2, 0.25) is 10.0 Å². The predicted octanol–water partition coefficient (Wildman–Crippen LogP) is 4.55. The summed E-state index contributed by atoms with van der Waals surface area (Å²) in [6.45, 7) is 1.89. The molecule has 1 nitrogen and oxygen atoms in total. The Morgan fingerprint density at radius 2 is 1.70 bits per heavy atom. The molecule has 0 fully saturated rings. The molecular formula is C16H16Cl2FN. The molecule has 2 aromatic rings. The fourth-order valence-corrected chi connectivity index (χ4v) is 2.70. The Hall–Kier alpha value is -1.09. The van der Waals surface area contributed by atoms with Gasteiger partial charge in [0.15, 0.2) is 0 Å². The fraction of sp³-hybridized carbons (Fsp3) is 0.250. The molecule has 2 N–H and O–H groups in total. The van der Waals surface area contributed by atoms with Gasteiger partial charge in [-0.05, 0) is 60.7 Å². The van der Waals surface area contributed by atoms with Crippen molar-refractivity contribution in [3.05, 3.63) is 69.0 Å². The number of nitrogens with two attached hydrogens (primary N) is 1. The van der Waals surface area contributed by atoms with Crippen molar-refractivity contribution in [2.24, 2.45) is 5.73 Å². The summed E-state index contributed by atoms with van der Waals surface area (Å²) in [5.41, 5.74) is 9.12. The van der Waals surface area contributed by atoms with E-state index in [2.05, 4.69) is 0 Å². The summed E-state index contributed by atoms with van der Waals surface area (Å²) in [7, 11) is 0. The van der Waals surface area contributed by atoms with Gasteiger partial charge in [0.25, 0.3) is 0 Å². The Balaban J connectivity index is 2.07. The Labute approximate surface area is 128 Å². The number of hydrogen-bond donors (Lipinski definition) is 1. The average molecular weight is 312 g/mol. The van der Waals surface area contributed by atoms with Crippen LogP contribution in [-0.2, 0) is 12.8 Å². The summed E-state index contributed by atoms with van der Waals surface area (Å²) < 4.78 is 13.1. The van der Waals surface area contributed by atoms with Crippen LogP contribution in [0.1, 0.15) is 16.7 Å². The van der Waals surface area contributed by atoms with E-state index in [0.717, 1.165) is 16.7 Å². The molecule has 1 unspecified atom stereocenters. The zero-order valence-electron chi connectivity index (χ0n) is 11.2. The van der Waals surface area contributed by atoms with Crippen LogP contribution in [0, 0.1) is 12.7 Å². The van der Waals surface area contributed by atoms with Crippen molar-refractivity contribution in [2.45, 2.75) is 25.8 Å². The molecule has 0 heterocycles. The fourth-order valence-electron chi connectivity index (χ4n) is 2.21. The smallest absolute Gasteiger partial charge is 0.123 e. The van der Waals surface area contributed by atoms with Gasteiger partial charge in [0.1, 0.15) is 5.82 Å². The van der Waals surface area contributed by atoms with Gasteiger partial charge in [-0.15, -0.1) is 0 Å². The van der Waals surface area contributed by atoms with E-state index in [-0.39, 0.29) is 11.9 Å². The van der Waals surface area contributed by atoms with Gasteiger partial charge in [0.2, 0.25) is 0 Å². The van der Waals surface area contributed by atoms with E-state index in [0.29, 0.717) is 22.9 Å². The second-order valence-electron chi connectivity index (χ2n) is 4.97. The summed E-state index contributed by atoms with van der Waals surface area (Å²) >= 11 is 12.0. The highest BCUT2D eigenvalue weighted by atomic mass is 35.5. The minimum absolute atomic E-state index is 0.0714. The van der Waals surface area contributed by atoms with Crippen LogP contribution in [0.5, 0.6) is 0 Å². The molecular weight excluding hydrogens is 296 g/mol. The molecule has 0 aliphatic rings. The first-order valence-corrected chi connectivity index (χ1v) is 7.16. The lowest BCUT2D eigenvalue weighted by atomic mass is 9.97. The monoisotopic (exact) mass is 311 g/mol. The van der Waals surface area contributed by atoms with Crippen molar-refractivity contribution in [3.8, 4) is 0 Å². The molecule has 0 spiro atoms. The van der Waals surface area contributed by atoms with Crippen LogP contribution in [0.4, 0.5) is 4.39 Å². The van der Waals surface area contributed by atoms with Gasteiger partial charge in [0, 0.05) is 16.1 Å². The SMILES string of the molecule is Cc1cc(F)ccc1CC(N)Cc1ccc(Cl)cc1Cl. The molecule has 0 saturated heterocycles. The van der Waals surface area contributed by atoms with Gasteiger partial charge in [-0.2, -0.15) is 0 Å². The van der Waals surface area contributed by atoms with E-state index in [1.54, 1.807) is 18.2 Å². The van der Waals surface area contributed by atoms with Gasteiger partial charge in [-0.25, -0.2) is 4.39 Å². The quantitative estimate of drug-likeness (QED) is 0.880. The zero-order valence-corrected chi connectivity index (χ0v) is 12.7. The highest BCUT2D eigenvalue weighted by Gasteiger charge is 2.10. The van der Waals surface area contributed by atoms with Crippen molar-refractivity contribution in [1.82, 2.24) is 0 Å². The standard InChI is InChI=1S/C16H16Cl2FN/c1-10-6-14(19)5-3-11(10)7-15(20)8-12-2-4-13(17)9-16(12)18/h2-6,9,15H,7-8,20H2,1H3. The first-order chi connectivity index (χ1) is 9.45. The Bertz CT molecular complexity index is 560. The second-order valence-corrected chi connectivity index (χ2v) is 5.82. The lowest BCUT2D eigenvalue weighted by molar-refractivity contribution is 0.621. The van der Waals surface area contributed by atoms with Crippen molar-refractivity contribution in [2.75, 3.05) is 0 Å². The first kappa shape index (κ1) is 15.3. The Morgan fingerprint density at radius 1 is 1.05 bits per heavy atom. The number of benzene rings is 2. The Kier molecular flexibility index (Phi) is 5.03. The molecule has 0 radical (unpaired) electrons. The zero-order chi connectivity index (χ0) is 14.7. The van der Waals surface area contributed by atoms with Crippen molar-refractivity contribution in [3.63, 3.8) is 0 Å². The molecule has 0 aromatic heterocycles. The maximum Gasteiger partial charge on any atom is 0.123 e. The molecule has 2 rings (SSSR count). The van der Waals surface area contributed by atoms with Crippen LogP contribution in [0.15, 0.2) is 36.4 Å². The van der Waals surface area contributed by atoms with Crippen molar-refractivity contribution < 1.29 is 4.39 Å². The van der Waals surface area contributed by atoms with Crippen LogP contribution in [0.3, 0.4) is 0 Å². The largest absolute Gasteiger partial charge is 0.327 e. The molecule has 2 aromatic carbocycles. The lowest BCUT2D eigenvalue weighted by Crippen LogP contribution is -2.26. The lowest BCUT2D eigenvalue weighted by Gasteiger charge is -2.14. The predicted molar refractivity (Wildman–Crippen MR) is 83.0 cm³/mol. The van der Waals surface area contributed by atoms with E-state index in [1.807, 2.05) is 13.0 Å². The van der Waals surface area contributed by atoms with Crippen LogP contribution < -0.4 is 5.73 Å². The third-order valence-electron chi connectivity index (χ3n) is 3.28. The highest BCUT2D eigenvalue weighted by molar-refractivity contribution is 6.35. The van der Waals surface area contributed by atoms with Crippen LogP contribution in [-0.4, -0.2) is 6.04 Å². The minimum atomic E-state index is -0.222. The van der Waals surface area contributed by atoms with Gasteiger partial charge in [-0.1, -0.05) is 35.3 Å². The highest BCUT2D eigenvalue weighted by Crippen LogP contribution is 2.22. The van der Waals surface area contributed by atoms with Gasteiger partial charge in [0.05, 0.1) is 0 Å². The minimum Gasteiger partial charge on any atom is -0.327 e. The van der Waals surface area contributed by atoms with E-state index in [9.17, 15) is 4.39 Å². The maximum absolute atomic E-state index is 13.1. The summed E-state index contributed by atoms with van der Waals surface area (Å²) in [6.07, 6.45) is 1.35. The molecule has 4 heteroatoms. The number of hydrogen-bond acceptors (Lipinski definition) is 1. The number of halogens is 3. The van der Waals surface area contributed by atoms with E-state index < -0.39 is 0 Å². The third kappa shape index (κ3) is 3.95. The van der Waals surface area contributed by atoms with E-state index in [1.165, 1.54) is 12.1 Å². The van der Waals surface area contributed by atoms with Crippen LogP contribution >= 0.6 is 23.2 Å². The second kappa shape index (κ2) is 6.57.